The maximum atomic E-state index is 5.58. The molecule has 0 saturated heterocycles. The highest BCUT2D eigenvalue weighted by atomic mass is 16.5. The van der Waals surface area contributed by atoms with E-state index in [1.165, 1.54) is 0 Å². The summed E-state index contributed by atoms with van der Waals surface area (Å²) in [6, 6.07) is 17.4. The van der Waals surface area contributed by atoms with E-state index in [0.717, 1.165) is 17.1 Å². The molecule has 0 aliphatic rings. The highest BCUT2D eigenvalue weighted by Gasteiger charge is 2.06. The molecule has 3 aromatic rings. The van der Waals surface area contributed by atoms with Gasteiger partial charge in [-0.25, -0.2) is 0 Å². The van der Waals surface area contributed by atoms with Gasteiger partial charge < -0.3 is 15.4 Å². The van der Waals surface area contributed by atoms with E-state index in [4.69, 9.17) is 4.74 Å². The van der Waals surface area contributed by atoms with Crippen LogP contribution in [-0.4, -0.2) is 21.8 Å². The minimum absolute atomic E-state index is 0.401. The second-order valence-electron chi connectivity index (χ2n) is 4.71. The largest absolute Gasteiger partial charge is 0.492 e. The van der Waals surface area contributed by atoms with E-state index in [-0.39, 0.29) is 0 Å². The van der Waals surface area contributed by atoms with Crippen LogP contribution in [0.2, 0.25) is 0 Å². The molecule has 0 atom stereocenters. The fraction of sp³-hybridized carbons (Fsp3) is 0.118. The summed E-state index contributed by atoms with van der Waals surface area (Å²) in [6.45, 7) is 2.53. The van der Waals surface area contributed by atoms with Gasteiger partial charge in [0.05, 0.1) is 18.5 Å². The fourth-order valence-corrected chi connectivity index (χ4v) is 2.06. The molecule has 0 bridgehead atoms. The van der Waals surface area contributed by atoms with Crippen LogP contribution in [0.5, 0.6) is 5.75 Å². The predicted molar refractivity (Wildman–Crippen MR) is 90.4 cm³/mol. The van der Waals surface area contributed by atoms with E-state index >= 15 is 0 Å². The third-order valence-electron chi connectivity index (χ3n) is 3.04. The predicted octanol–water partition coefficient (Wildman–Crippen LogP) is 3.76. The lowest BCUT2D eigenvalue weighted by Gasteiger charge is -2.11. The molecule has 0 fully saturated rings. The van der Waals surface area contributed by atoms with Crippen LogP contribution in [-0.2, 0) is 0 Å². The molecule has 3 rings (SSSR count). The van der Waals surface area contributed by atoms with E-state index in [9.17, 15) is 0 Å². The molecule has 0 unspecified atom stereocenters. The first-order valence-corrected chi connectivity index (χ1v) is 7.36. The summed E-state index contributed by atoms with van der Waals surface area (Å²) in [6.07, 6.45) is 1.58. The van der Waals surface area contributed by atoms with Gasteiger partial charge in [0.1, 0.15) is 5.75 Å². The Hall–Kier alpha value is -3.15. The Labute approximate surface area is 134 Å². The first-order valence-electron chi connectivity index (χ1n) is 7.36. The van der Waals surface area contributed by atoms with Crippen molar-refractivity contribution in [1.29, 1.82) is 0 Å². The SMILES string of the molecule is CCOc1ccccc1Nc1nncc(Nc2ccccc2)n1. The van der Waals surface area contributed by atoms with Gasteiger partial charge in [-0.3, -0.25) is 0 Å². The van der Waals surface area contributed by atoms with Gasteiger partial charge >= 0.3 is 0 Å². The van der Waals surface area contributed by atoms with Gasteiger partial charge in [-0.1, -0.05) is 30.3 Å². The third kappa shape index (κ3) is 3.94. The van der Waals surface area contributed by atoms with Gasteiger partial charge in [0.15, 0.2) is 5.82 Å². The maximum absolute atomic E-state index is 5.58. The van der Waals surface area contributed by atoms with Crippen molar-refractivity contribution in [2.75, 3.05) is 17.2 Å². The Kier molecular flexibility index (Phi) is 4.63. The van der Waals surface area contributed by atoms with Gasteiger partial charge in [-0.2, -0.15) is 10.1 Å². The quantitative estimate of drug-likeness (QED) is 0.722. The highest BCUT2D eigenvalue weighted by Crippen LogP contribution is 2.26. The molecule has 6 heteroatoms. The molecule has 23 heavy (non-hydrogen) atoms. The van der Waals surface area contributed by atoms with Crippen LogP contribution in [0.1, 0.15) is 6.92 Å². The zero-order valence-corrected chi connectivity index (χ0v) is 12.7. The van der Waals surface area contributed by atoms with E-state index in [0.29, 0.717) is 18.4 Å². The Morgan fingerprint density at radius 2 is 1.74 bits per heavy atom. The number of benzene rings is 2. The summed E-state index contributed by atoms with van der Waals surface area (Å²) in [5, 5.41) is 14.3. The lowest BCUT2D eigenvalue weighted by Crippen LogP contribution is -2.04. The zero-order valence-electron chi connectivity index (χ0n) is 12.7. The molecule has 2 aromatic carbocycles. The lowest BCUT2D eigenvalue weighted by atomic mass is 10.3. The van der Waals surface area contributed by atoms with Gasteiger partial charge in [0, 0.05) is 5.69 Å². The van der Waals surface area contributed by atoms with Gasteiger partial charge in [0.2, 0.25) is 5.95 Å². The summed E-state index contributed by atoms with van der Waals surface area (Å²) in [4.78, 5) is 4.41. The fourth-order valence-electron chi connectivity index (χ4n) is 2.06. The molecular weight excluding hydrogens is 290 g/mol. The summed E-state index contributed by atoms with van der Waals surface area (Å²) in [7, 11) is 0. The van der Waals surface area contributed by atoms with Crippen molar-refractivity contribution in [3.8, 4) is 5.75 Å². The van der Waals surface area contributed by atoms with Gasteiger partial charge in [0.25, 0.3) is 0 Å². The average molecular weight is 307 g/mol. The average Bonchev–Trinajstić information content (AvgIpc) is 2.58. The highest BCUT2D eigenvalue weighted by molar-refractivity contribution is 5.63. The zero-order chi connectivity index (χ0) is 15.9. The van der Waals surface area contributed by atoms with Crippen molar-refractivity contribution in [3.63, 3.8) is 0 Å². The Morgan fingerprint density at radius 3 is 2.57 bits per heavy atom. The first kappa shape index (κ1) is 14.8. The van der Waals surface area contributed by atoms with Crippen LogP contribution in [0, 0.1) is 0 Å². The first-order chi connectivity index (χ1) is 11.3. The van der Waals surface area contributed by atoms with E-state index in [1.54, 1.807) is 6.20 Å². The van der Waals surface area contributed by atoms with Crippen molar-refractivity contribution >= 4 is 23.1 Å². The molecule has 1 aromatic heterocycles. The van der Waals surface area contributed by atoms with Crippen molar-refractivity contribution < 1.29 is 4.74 Å². The topological polar surface area (TPSA) is 72.0 Å². The van der Waals surface area contributed by atoms with Crippen LogP contribution in [0.25, 0.3) is 0 Å². The van der Waals surface area contributed by atoms with Gasteiger partial charge in [-0.15, -0.1) is 5.10 Å². The number of rotatable bonds is 6. The number of ether oxygens (including phenoxy) is 1. The molecule has 0 aliphatic carbocycles. The smallest absolute Gasteiger partial charge is 0.249 e. The molecule has 0 amide bonds. The van der Waals surface area contributed by atoms with Gasteiger partial charge in [-0.05, 0) is 31.2 Å². The molecule has 0 spiro atoms. The second-order valence-corrected chi connectivity index (χ2v) is 4.71. The number of aromatic nitrogens is 3. The minimum Gasteiger partial charge on any atom is -0.492 e. The molecule has 1 heterocycles. The third-order valence-corrected chi connectivity index (χ3v) is 3.04. The lowest BCUT2D eigenvalue weighted by molar-refractivity contribution is 0.342. The number of hydrogen-bond acceptors (Lipinski definition) is 6. The Balaban J connectivity index is 1.78. The number of para-hydroxylation sites is 3. The number of nitrogens with one attached hydrogen (secondary N) is 2. The molecule has 116 valence electrons. The van der Waals surface area contributed by atoms with Crippen LogP contribution >= 0.6 is 0 Å². The molecular formula is C17H17N5O. The Bertz CT molecular complexity index is 764. The monoisotopic (exact) mass is 307 g/mol. The van der Waals surface area contributed by atoms with E-state index in [1.807, 2.05) is 61.5 Å². The van der Waals surface area contributed by atoms with Crippen LogP contribution in [0.15, 0.2) is 60.8 Å². The van der Waals surface area contributed by atoms with E-state index < -0.39 is 0 Å². The van der Waals surface area contributed by atoms with Crippen molar-refractivity contribution in [1.82, 2.24) is 15.2 Å². The molecule has 2 N–H and O–H groups in total. The normalized spacial score (nSPS) is 10.1. The summed E-state index contributed by atoms with van der Waals surface area (Å²) in [5.74, 6) is 1.76. The molecule has 0 saturated carbocycles. The standard InChI is InChI=1S/C17H17N5O/c1-2-23-15-11-7-6-10-14(15)20-17-21-16(12-18-22-17)19-13-8-4-3-5-9-13/h3-12H,2H2,1H3,(H2,19,20,21,22). The summed E-state index contributed by atoms with van der Waals surface area (Å²) >= 11 is 0. The van der Waals surface area contributed by atoms with Crippen molar-refractivity contribution in [3.05, 3.63) is 60.8 Å². The Morgan fingerprint density at radius 1 is 0.957 bits per heavy atom. The number of nitrogens with zero attached hydrogens (tertiary/aromatic N) is 3. The number of hydrogen-bond donors (Lipinski definition) is 2. The van der Waals surface area contributed by atoms with Crippen LogP contribution in [0.3, 0.4) is 0 Å². The van der Waals surface area contributed by atoms with Crippen LogP contribution < -0.4 is 15.4 Å². The second kappa shape index (κ2) is 7.22. The maximum Gasteiger partial charge on any atom is 0.249 e. The van der Waals surface area contributed by atoms with Crippen LogP contribution in [0.4, 0.5) is 23.1 Å². The molecule has 6 nitrogen and oxygen atoms in total. The van der Waals surface area contributed by atoms with Crippen molar-refractivity contribution in [2.24, 2.45) is 0 Å². The summed E-state index contributed by atoms with van der Waals surface area (Å²) in [5.41, 5.74) is 1.74. The molecule has 0 aliphatic heterocycles. The van der Waals surface area contributed by atoms with E-state index in [2.05, 4.69) is 25.8 Å². The van der Waals surface area contributed by atoms with Crippen molar-refractivity contribution in [2.45, 2.75) is 6.92 Å². The minimum atomic E-state index is 0.401. The number of anilines is 4. The summed E-state index contributed by atoms with van der Waals surface area (Å²) < 4.78 is 5.58. The molecule has 0 radical (unpaired) electrons.